The molecule has 1 aliphatic rings. The molecule has 5 heteroatoms. The highest BCUT2D eigenvalue weighted by molar-refractivity contribution is 6.30. The molecule has 5 rings (SSSR count). The van der Waals surface area contributed by atoms with E-state index >= 15 is 0 Å². The monoisotopic (exact) mass is 465 g/mol. The van der Waals surface area contributed by atoms with Crippen LogP contribution in [0.4, 0.5) is 5.82 Å². The van der Waals surface area contributed by atoms with E-state index in [1.54, 1.807) is 0 Å². The lowest BCUT2D eigenvalue weighted by Gasteiger charge is -2.33. The number of nitrogens with zero attached hydrogens (tertiary/aromatic N) is 3. The summed E-state index contributed by atoms with van der Waals surface area (Å²) in [5, 5.41) is 2.08. The van der Waals surface area contributed by atoms with Crippen LogP contribution in [0.1, 0.15) is 41.1 Å². The molecule has 1 saturated heterocycles. The van der Waals surface area contributed by atoms with Crippen molar-refractivity contribution < 1.29 is 0 Å². The predicted molar refractivity (Wildman–Crippen MR) is 138 cm³/mol. The summed E-state index contributed by atoms with van der Waals surface area (Å²) in [6, 6.07) is 21.3. The van der Waals surface area contributed by atoms with Crippen LogP contribution in [0.5, 0.6) is 0 Å². The van der Waals surface area contributed by atoms with Crippen LogP contribution in [0.25, 0.3) is 10.9 Å². The van der Waals surface area contributed by atoms with Crippen molar-refractivity contribution >= 4 is 40.7 Å². The SMILES string of the molecule is Cc1c(C)n(Cc2ccc(Cl)cc2)c2c(N3CCC(c4ccccc4)CC3)nccc12.Cl. The number of hydrogen-bond donors (Lipinski definition) is 0. The normalized spacial score (nSPS) is 14.5. The van der Waals surface area contributed by atoms with E-state index in [0.29, 0.717) is 5.92 Å². The number of aromatic nitrogens is 2. The number of pyridine rings is 1. The van der Waals surface area contributed by atoms with Gasteiger partial charge in [0.1, 0.15) is 0 Å². The number of anilines is 1. The van der Waals surface area contributed by atoms with Crippen molar-refractivity contribution in [2.75, 3.05) is 18.0 Å². The van der Waals surface area contributed by atoms with Gasteiger partial charge in [-0.25, -0.2) is 4.98 Å². The van der Waals surface area contributed by atoms with Crippen molar-refractivity contribution in [1.82, 2.24) is 9.55 Å². The van der Waals surface area contributed by atoms with Crippen molar-refractivity contribution in [3.8, 4) is 0 Å². The molecule has 0 bridgehead atoms. The molecule has 1 aliphatic heterocycles. The Hall–Kier alpha value is -2.49. The summed E-state index contributed by atoms with van der Waals surface area (Å²) in [5.74, 6) is 1.76. The molecular formula is C27H29Cl2N3. The fourth-order valence-corrected chi connectivity index (χ4v) is 5.05. The molecule has 0 spiro atoms. The van der Waals surface area contributed by atoms with Gasteiger partial charge in [-0.1, -0.05) is 54.1 Å². The van der Waals surface area contributed by atoms with E-state index < -0.39 is 0 Å². The van der Waals surface area contributed by atoms with Crippen LogP contribution >= 0.6 is 24.0 Å². The van der Waals surface area contributed by atoms with Gasteiger partial charge in [0, 0.05) is 41.9 Å². The standard InChI is InChI=1S/C27H28ClN3.ClH/c1-19-20(2)31(18-21-8-10-24(28)11-9-21)26-25(19)12-15-29-27(26)30-16-13-23(14-17-30)22-6-4-3-5-7-22;/h3-12,15,23H,13-14,16-18H2,1-2H3;1H. The van der Waals surface area contributed by atoms with Crippen molar-refractivity contribution in [2.24, 2.45) is 0 Å². The van der Waals surface area contributed by atoms with Crippen LogP contribution in [0.15, 0.2) is 66.9 Å². The molecule has 1 fully saturated rings. The number of rotatable bonds is 4. The maximum absolute atomic E-state index is 6.10. The van der Waals surface area contributed by atoms with Gasteiger partial charge in [-0.15, -0.1) is 12.4 Å². The third-order valence-corrected chi connectivity index (χ3v) is 7.10. The maximum Gasteiger partial charge on any atom is 0.153 e. The second-order valence-electron chi connectivity index (χ2n) is 8.63. The van der Waals surface area contributed by atoms with Crippen LogP contribution < -0.4 is 4.90 Å². The van der Waals surface area contributed by atoms with Gasteiger partial charge in [0.05, 0.1) is 5.52 Å². The number of halogens is 2. The first-order valence-electron chi connectivity index (χ1n) is 11.1. The van der Waals surface area contributed by atoms with Gasteiger partial charge >= 0.3 is 0 Å². The molecule has 166 valence electrons. The third kappa shape index (κ3) is 4.24. The summed E-state index contributed by atoms with van der Waals surface area (Å²) in [6.45, 7) is 7.34. The van der Waals surface area contributed by atoms with E-state index in [1.165, 1.54) is 33.3 Å². The first kappa shape index (κ1) is 22.7. The molecule has 0 saturated carbocycles. The van der Waals surface area contributed by atoms with Crippen molar-refractivity contribution in [3.05, 3.63) is 94.3 Å². The average molecular weight is 466 g/mol. The smallest absolute Gasteiger partial charge is 0.153 e. The minimum Gasteiger partial charge on any atom is -0.355 e. The Morgan fingerprint density at radius 1 is 0.938 bits per heavy atom. The Labute approximate surface area is 201 Å². The summed E-state index contributed by atoms with van der Waals surface area (Å²) in [6.07, 6.45) is 4.30. The fourth-order valence-electron chi connectivity index (χ4n) is 4.93. The minimum absolute atomic E-state index is 0. The van der Waals surface area contributed by atoms with Crippen LogP contribution in [0, 0.1) is 13.8 Å². The lowest BCUT2D eigenvalue weighted by Crippen LogP contribution is -2.33. The van der Waals surface area contributed by atoms with E-state index in [9.17, 15) is 0 Å². The van der Waals surface area contributed by atoms with Crippen molar-refractivity contribution in [2.45, 2.75) is 39.2 Å². The maximum atomic E-state index is 6.10. The summed E-state index contributed by atoms with van der Waals surface area (Å²) in [7, 11) is 0. The lowest BCUT2D eigenvalue weighted by molar-refractivity contribution is 0.503. The number of fused-ring (bicyclic) bond motifs is 1. The number of piperidine rings is 1. The van der Waals surface area contributed by atoms with E-state index in [-0.39, 0.29) is 12.4 Å². The second-order valence-corrected chi connectivity index (χ2v) is 9.06. The van der Waals surface area contributed by atoms with Gasteiger partial charge in [-0.2, -0.15) is 0 Å². The third-order valence-electron chi connectivity index (χ3n) is 6.85. The zero-order valence-electron chi connectivity index (χ0n) is 18.6. The molecule has 32 heavy (non-hydrogen) atoms. The lowest BCUT2D eigenvalue weighted by atomic mass is 9.89. The molecule has 0 unspecified atom stereocenters. The topological polar surface area (TPSA) is 21.1 Å². The molecule has 2 aromatic heterocycles. The Kier molecular flexibility index (Phi) is 6.78. The first-order chi connectivity index (χ1) is 15.1. The second kappa shape index (κ2) is 9.56. The summed E-state index contributed by atoms with van der Waals surface area (Å²) >= 11 is 6.10. The van der Waals surface area contributed by atoms with Gasteiger partial charge in [0.25, 0.3) is 0 Å². The molecule has 3 heterocycles. The molecule has 0 N–H and O–H groups in total. The van der Waals surface area contributed by atoms with Crippen molar-refractivity contribution in [3.63, 3.8) is 0 Å². The van der Waals surface area contributed by atoms with Gasteiger partial charge in [0.2, 0.25) is 0 Å². The zero-order valence-corrected chi connectivity index (χ0v) is 20.2. The van der Waals surface area contributed by atoms with E-state index in [0.717, 1.165) is 43.3 Å². The van der Waals surface area contributed by atoms with Gasteiger partial charge in [-0.3, -0.25) is 0 Å². The Morgan fingerprint density at radius 3 is 2.31 bits per heavy atom. The van der Waals surface area contributed by atoms with E-state index in [4.69, 9.17) is 16.6 Å². The summed E-state index contributed by atoms with van der Waals surface area (Å²) in [5.41, 5.74) is 6.61. The molecule has 2 aromatic carbocycles. The molecule has 0 atom stereocenters. The highest BCUT2D eigenvalue weighted by atomic mass is 35.5. The quantitative estimate of drug-likeness (QED) is 0.318. The minimum atomic E-state index is 0. The Bertz CT molecular complexity index is 1190. The molecule has 3 nitrogen and oxygen atoms in total. The van der Waals surface area contributed by atoms with Crippen LogP contribution in [-0.4, -0.2) is 22.6 Å². The van der Waals surface area contributed by atoms with Gasteiger partial charge < -0.3 is 9.47 Å². The predicted octanol–water partition coefficient (Wildman–Crippen LogP) is 7.16. The number of hydrogen-bond acceptors (Lipinski definition) is 2. The summed E-state index contributed by atoms with van der Waals surface area (Å²) in [4.78, 5) is 7.37. The molecule has 4 aromatic rings. The summed E-state index contributed by atoms with van der Waals surface area (Å²) < 4.78 is 2.43. The van der Waals surface area contributed by atoms with Crippen LogP contribution in [-0.2, 0) is 6.54 Å². The number of benzene rings is 2. The van der Waals surface area contributed by atoms with Crippen LogP contribution in [0.2, 0.25) is 5.02 Å². The highest BCUT2D eigenvalue weighted by Crippen LogP contribution is 2.35. The fraction of sp³-hybridized carbons (Fsp3) is 0.296. The molecule has 0 radical (unpaired) electrons. The molecular weight excluding hydrogens is 437 g/mol. The van der Waals surface area contributed by atoms with Gasteiger partial charge in [-0.05, 0) is 67.5 Å². The van der Waals surface area contributed by atoms with Crippen LogP contribution in [0.3, 0.4) is 0 Å². The Balaban J connectivity index is 0.00000245. The molecule has 0 aliphatic carbocycles. The van der Waals surface area contributed by atoms with Gasteiger partial charge in [0.15, 0.2) is 5.82 Å². The van der Waals surface area contributed by atoms with Crippen molar-refractivity contribution in [1.29, 1.82) is 0 Å². The largest absolute Gasteiger partial charge is 0.355 e. The van der Waals surface area contributed by atoms with E-state index in [1.807, 2.05) is 18.3 Å². The zero-order chi connectivity index (χ0) is 21.4. The van der Waals surface area contributed by atoms with E-state index in [2.05, 4.69) is 71.8 Å². The average Bonchev–Trinajstić information content (AvgIpc) is 3.06. The first-order valence-corrected chi connectivity index (χ1v) is 11.5. The Morgan fingerprint density at radius 2 is 1.62 bits per heavy atom. The number of aryl methyl sites for hydroxylation is 1. The molecule has 0 amide bonds. The highest BCUT2D eigenvalue weighted by Gasteiger charge is 2.25.